The van der Waals surface area contributed by atoms with Crippen molar-refractivity contribution in [3.8, 4) is 11.5 Å². The Kier molecular flexibility index (Phi) is 4.55. The van der Waals surface area contributed by atoms with Gasteiger partial charge in [-0.1, -0.05) is 0 Å². The van der Waals surface area contributed by atoms with Crippen molar-refractivity contribution in [1.29, 1.82) is 0 Å². The Labute approximate surface area is 140 Å². The average Bonchev–Trinajstić information content (AvgIpc) is 2.91. The third kappa shape index (κ3) is 3.42. The van der Waals surface area contributed by atoms with Crippen LogP contribution < -0.4 is 19.5 Å². The van der Waals surface area contributed by atoms with Crippen LogP contribution in [0.15, 0.2) is 36.7 Å². The van der Waals surface area contributed by atoms with Crippen molar-refractivity contribution in [3.63, 3.8) is 0 Å². The first-order valence-electron chi connectivity index (χ1n) is 7.99. The first kappa shape index (κ1) is 16.1. The smallest absolute Gasteiger partial charge is 0.257 e. The third-order valence-corrected chi connectivity index (χ3v) is 3.86. The molecule has 6 heteroatoms. The van der Waals surface area contributed by atoms with Gasteiger partial charge < -0.3 is 20.0 Å². The Morgan fingerprint density at radius 2 is 2.33 bits per heavy atom. The fraction of sp³-hybridized carbons (Fsp3) is 0.333. The molecule has 0 fully saturated rings. The van der Waals surface area contributed by atoms with E-state index in [-0.39, 0.29) is 12.0 Å². The van der Waals surface area contributed by atoms with E-state index in [1.807, 2.05) is 26.0 Å². The fourth-order valence-electron chi connectivity index (χ4n) is 2.78. The van der Waals surface area contributed by atoms with Crippen molar-refractivity contribution in [1.82, 2.24) is 5.32 Å². The standard InChI is InChI=1S/C18H20N2O4/c1-3-23-16-8-14-7-12(2)24-17(14)9-15(16)10-19-18(21)13-5-4-6-20(22)11-13/h4-6,8-9,11-12H,3,7,10H2,1-2H3,(H,19,21). The maximum absolute atomic E-state index is 12.2. The second kappa shape index (κ2) is 6.78. The molecule has 2 aromatic rings. The van der Waals surface area contributed by atoms with Crippen molar-refractivity contribution >= 4 is 5.91 Å². The van der Waals surface area contributed by atoms with Crippen LogP contribution in [0.2, 0.25) is 0 Å². The summed E-state index contributed by atoms with van der Waals surface area (Å²) < 4.78 is 12.1. The second-order valence-corrected chi connectivity index (χ2v) is 5.77. The van der Waals surface area contributed by atoms with E-state index >= 15 is 0 Å². The number of hydrogen-bond donors (Lipinski definition) is 1. The van der Waals surface area contributed by atoms with Gasteiger partial charge in [0.15, 0.2) is 12.4 Å². The summed E-state index contributed by atoms with van der Waals surface area (Å²) >= 11 is 0. The van der Waals surface area contributed by atoms with E-state index < -0.39 is 0 Å². The quantitative estimate of drug-likeness (QED) is 0.673. The maximum atomic E-state index is 12.2. The summed E-state index contributed by atoms with van der Waals surface area (Å²) in [6.07, 6.45) is 3.58. The van der Waals surface area contributed by atoms with Gasteiger partial charge in [0.2, 0.25) is 0 Å². The Hall–Kier alpha value is -2.76. The molecule has 0 saturated heterocycles. The van der Waals surface area contributed by atoms with Gasteiger partial charge in [0, 0.05) is 30.2 Å². The van der Waals surface area contributed by atoms with Gasteiger partial charge in [0.05, 0.1) is 6.61 Å². The molecule has 0 saturated carbocycles. The predicted molar refractivity (Wildman–Crippen MR) is 88.0 cm³/mol. The van der Waals surface area contributed by atoms with E-state index in [9.17, 15) is 10.0 Å². The molecule has 126 valence electrons. The van der Waals surface area contributed by atoms with Crippen LogP contribution in [0.4, 0.5) is 0 Å². The van der Waals surface area contributed by atoms with Crippen molar-refractivity contribution in [2.24, 2.45) is 0 Å². The molecule has 6 nitrogen and oxygen atoms in total. The Morgan fingerprint density at radius 3 is 3.08 bits per heavy atom. The van der Waals surface area contributed by atoms with E-state index in [0.717, 1.165) is 29.0 Å². The van der Waals surface area contributed by atoms with Gasteiger partial charge in [-0.05, 0) is 32.0 Å². The topological polar surface area (TPSA) is 74.5 Å². The lowest BCUT2D eigenvalue weighted by Crippen LogP contribution is -2.29. The normalized spacial score (nSPS) is 15.5. The molecule has 24 heavy (non-hydrogen) atoms. The molecule has 1 aliphatic heterocycles. The summed E-state index contributed by atoms with van der Waals surface area (Å²) in [7, 11) is 0. The van der Waals surface area contributed by atoms with Crippen molar-refractivity contribution in [2.75, 3.05) is 6.61 Å². The molecular formula is C18H20N2O4. The molecule has 2 heterocycles. The van der Waals surface area contributed by atoms with Crippen LogP contribution in [0.1, 0.15) is 35.3 Å². The molecular weight excluding hydrogens is 308 g/mol. The highest BCUT2D eigenvalue weighted by Gasteiger charge is 2.22. The first-order valence-corrected chi connectivity index (χ1v) is 7.99. The van der Waals surface area contributed by atoms with Crippen molar-refractivity contribution in [3.05, 3.63) is 58.6 Å². The molecule has 1 aromatic carbocycles. The molecule has 3 rings (SSSR count). The SMILES string of the molecule is CCOc1cc2c(cc1CNC(=O)c1ccc[n+]([O-])c1)OC(C)C2. The number of fused-ring (bicyclic) bond motifs is 1. The molecule has 1 unspecified atom stereocenters. The number of rotatable bonds is 5. The largest absolute Gasteiger partial charge is 0.619 e. The lowest BCUT2D eigenvalue weighted by atomic mass is 10.1. The van der Waals surface area contributed by atoms with E-state index in [4.69, 9.17) is 9.47 Å². The van der Waals surface area contributed by atoms with Crippen LogP contribution in [-0.4, -0.2) is 18.6 Å². The maximum Gasteiger partial charge on any atom is 0.257 e. The first-order chi connectivity index (χ1) is 11.6. The molecule has 1 aromatic heterocycles. The van der Waals surface area contributed by atoms with E-state index in [1.54, 1.807) is 6.07 Å². The van der Waals surface area contributed by atoms with E-state index in [1.165, 1.54) is 18.5 Å². The number of nitrogens with zero attached hydrogens (tertiary/aromatic N) is 1. The van der Waals surface area contributed by atoms with E-state index in [0.29, 0.717) is 23.4 Å². The molecule has 1 aliphatic rings. The summed E-state index contributed by atoms with van der Waals surface area (Å²) in [5.41, 5.74) is 2.29. The van der Waals surface area contributed by atoms with Gasteiger partial charge in [-0.15, -0.1) is 0 Å². The molecule has 1 amide bonds. The summed E-state index contributed by atoms with van der Waals surface area (Å²) in [4.78, 5) is 12.2. The van der Waals surface area contributed by atoms with Gasteiger partial charge >= 0.3 is 0 Å². The summed E-state index contributed by atoms with van der Waals surface area (Å²) in [6, 6.07) is 7.04. The van der Waals surface area contributed by atoms with Crippen molar-refractivity contribution in [2.45, 2.75) is 32.9 Å². The highest BCUT2D eigenvalue weighted by molar-refractivity contribution is 5.93. The molecule has 0 bridgehead atoms. The van der Waals surface area contributed by atoms with Gasteiger partial charge in [-0.25, -0.2) is 0 Å². The third-order valence-electron chi connectivity index (χ3n) is 3.86. The minimum atomic E-state index is -0.308. The highest BCUT2D eigenvalue weighted by Crippen LogP contribution is 2.35. The molecule has 0 spiro atoms. The summed E-state index contributed by atoms with van der Waals surface area (Å²) in [5.74, 6) is 1.28. The number of amides is 1. The molecule has 1 atom stereocenters. The van der Waals surface area contributed by atoms with Crippen LogP contribution in [-0.2, 0) is 13.0 Å². The van der Waals surface area contributed by atoms with Gasteiger partial charge in [-0.3, -0.25) is 4.79 Å². The minimum absolute atomic E-state index is 0.149. The number of pyridine rings is 1. The van der Waals surface area contributed by atoms with Crippen LogP contribution in [0, 0.1) is 5.21 Å². The predicted octanol–water partition coefficient (Wildman–Crippen LogP) is 1.97. The summed E-state index contributed by atoms with van der Waals surface area (Å²) in [6.45, 7) is 4.79. The second-order valence-electron chi connectivity index (χ2n) is 5.77. The zero-order valence-electron chi connectivity index (χ0n) is 13.7. The Morgan fingerprint density at radius 1 is 1.50 bits per heavy atom. The van der Waals surface area contributed by atoms with Crippen LogP contribution in [0.5, 0.6) is 11.5 Å². The highest BCUT2D eigenvalue weighted by atomic mass is 16.5. The van der Waals surface area contributed by atoms with Crippen LogP contribution in [0.25, 0.3) is 0 Å². The number of ether oxygens (including phenoxy) is 2. The fourth-order valence-corrected chi connectivity index (χ4v) is 2.78. The average molecular weight is 328 g/mol. The number of hydrogen-bond acceptors (Lipinski definition) is 4. The zero-order valence-corrected chi connectivity index (χ0v) is 13.7. The lowest BCUT2D eigenvalue weighted by molar-refractivity contribution is -0.605. The Bertz CT molecular complexity index is 761. The lowest BCUT2D eigenvalue weighted by Gasteiger charge is -2.13. The number of benzene rings is 1. The molecule has 1 N–H and O–H groups in total. The van der Waals surface area contributed by atoms with Gasteiger partial charge in [0.25, 0.3) is 5.91 Å². The van der Waals surface area contributed by atoms with Gasteiger partial charge in [-0.2, -0.15) is 4.73 Å². The number of carbonyl (C=O) groups is 1. The van der Waals surface area contributed by atoms with Gasteiger partial charge in [0.1, 0.15) is 23.2 Å². The Balaban J connectivity index is 1.77. The van der Waals surface area contributed by atoms with Crippen LogP contribution >= 0.6 is 0 Å². The van der Waals surface area contributed by atoms with Crippen molar-refractivity contribution < 1.29 is 19.0 Å². The minimum Gasteiger partial charge on any atom is -0.619 e. The monoisotopic (exact) mass is 328 g/mol. The molecule has 0 aliphatic carbocycles. The number of nitrogens with one attached hydrogen (secondary N) is 1. The van der Waals surface area contributed by atoms with E-state index in [2.05, 4.69) is 5.32 Å². The number of aromatic nitrogens is 1. The number of carbonyl (C=O) groups excluding carboxylic acids is 1. The van der Waals surface area contributed by atoms with Crippen LogP contribution in [0.3, 0.4) is 0 Å². The zero-order chi connectivity index (χ0) is 17.1. The molecule has 0 radical (unpaired) electrons. The summed E-state index contributed by atoms with van der Waals surface area (Å²) in [5, 5.41) is 14.1.